The Hall–Kier alpha value is -3.10. The first-order valence-corrected chi connectivity index (χ1v) is 9.69. The number of pyridine rings is 1. The third-order valence-electron chi connectivity index (χ3n) is 5.19. The topological polar surface area (TPSA) is 62.7 Å². The number of hydrogen-bond donors (Lipinski definition) is 0. The number of nitrogens with zero attached hydrogens (tertiary/aromatic N) is 6. The summed E-state index contributed by atoms with van der Waals surface area (Å²) in [4.78, 5) is 13.8. The van der Waals surface area contributed by atoms with Crippen LogP contribution in [-0.2, 0) is 13.1 Å². The van der Waals surface area contributed by atoms with Gasteiger partial charge in [0.25, 0.3) is 0 Å². The van der Waals surface area contributed by atoms with E-state index >= 15 is 0 Å². The second kappa shape index (κ2) is 7.73. The SMILES string of the molecule is Fc1ccc(-c2noc(CN3CCN(Cc4cn5ccccc5n4)CC3)n2)cc1. The zero-order chi connectivity index (χ0) is 19.6. The Labute approximate surface area is 167 Å². The van der Waals surface area contributed by atoms with Gasteiger partial charge < -0.3 is 8.92 Å². The number of halogens is 1. The fourth-order valence-electron chi connectivity index (χ4n) is 3.62. The third-order valence-corrected chi connectivity index (χ3v) is 5.19. The van der Waals surface area contributed by atoms with E-state index in [1.807, 2.05) is 24.4 Å². The van der Waals surface area contributed by atoms with Gasteiger partial charge in [0.15, 0.2) is 0 Å². The number of benzene rings is 1. The molecule has 7 nitrogen and oxygen atoms in total. The van der Waals surface area contributed by atoms with Crippen molar-refractivity contribution in [2.24, 2.45) is 0 Å². The van der Waals surface area contributed by atoms with Gasteiger partial charge in [-0.3, -0.25) is 9.80 Å². The van der Waals surface area contributed by atoms with Crippen molar-refractivity contribution in [3.63, 3.8) is 0 Å². The minimum absolute atomic E-state index is 0.279. The van der Waals surface area contributed by atoms with Gasteiger partial charge in [0, 0.05) is 50.7 Å². The molecule has 8 heteroatoms. The Morgan fingerprint density at radius 2 is 1.66 bits per heavy atom. The van der Waals surface area contributed by atoms with Crippen molar-refractivity contribution in [2.75, 3.05) is 26.2 Å². The normalized spacial score (nSPS) is 15.9. The number of imidazole rings is 1. The fourth-order valence-corrected chi connectivity index (χ4v) is 3.62. The zero-order valence-corrected chi connectivity index (χ0v) is 15.9. The summed E-state index contributed by atoms with van der Waals surface area (Å²) >= 11 is 0. The first kappa shape index (κ1) is 18.0. The Morgan fingerprint density at radius 3 is 2.41 bits per heavy atom. The maximum absolute atomic E-state index is 13.1. The van der Waals surface area contributed by atoms with Gasteiger partial charge in [0.1, 0.15) is 11.5 Å². The molecule has 0 spiro atoms. The van der Waals surface area contributed by atoms with Crippen LogP contribution < -0.4 is 0 Å². The third kappa shape index (κ3) is 4.03. The van der Waals surface area contributed by atoms with Gasteiger partial charge >= 0.3 is 0 Å². The molecule has 4 aromatic rings. The molecular formula is C21H21FN6O. The lowest BCUT2D eigenvalue weighted by Gasteiger charge is -2.33. The molecule has 0 radical (unpaired) electrons. The molecule has 0 saturated carbocycles. The molecule has 0 bridgehead atoms. The van der Waals surface area contributed by atoms with Gasteiger partial charge in [-0.25, -0.2) is 9.37 Å². The van der Waals surface area contributed by atoms with Crippen molar-refractivity contribution < 1.29 is 8.91 Å². The van der Waals surface area contributed by atoms with E-state index in [-0.39, 0.29) is 5.82 Å². The average Bonchev–Trinajstić information content (AvgIpc) is 3.36. The number of fused-ring (bicyclic) bond motifs is 1. The molecule has 0 amide bonds. The van der Waals surface area contributed by atoms with Crippen LogP contribution in [0.3, 0.4) is 0 Å². The Bertz CT molecular complexity index is 1060. The maximum Gasteiger partial charge on any atom is 0.241 e. The standard InChI is InChI=1S/C21H21FN6O/c22-17-6-4-16(5-7-17)21-24-20(29-25-21)15-27-11-9-26(10-12-27)13-18-14-28-8-2-1-3-19(28)23-18/h1-8,14H,9-13,15H2. The van der Waals surface area contributed by atoms with Gasteiger partial charge in [0.05, 0.1) is 12.2 Å². The number of hydrogen-bond acceptors (Lipinski definition) is 6. The van der Waals surface area contributed by atoms with Crippen molar-refractivity contribution in [1.82, 2.24) is 29.3 Å². The summed E-state index contributed by atoms with van der Waals surface area (Å²) in [5, 5.41) is 4.02. The molecule has 1 fully saturated rings. The van der Waals surface area contributed by atoms with E-state index in [2.05, 4.69) is 35.5 Å². The van der Waals surface area contributed by atoms with Gasteiger partial charge in [-0.15, -0.1) is 0 Å². The Morgan fingerprint density at radius 1 is 0.897 bits per heavy atom. The first-order chi connectivity index (χ1) is 14.2. The van der Waals surface area contributed by atoms with E-state index in [1.165, 1.54) is 12.1 Å². The fraction of sp³-hybridized carbons (Fsp3) is 0.286. The molecule has 0 atom stereocenters. The van der Waals surface area contributed by atoms with Crippen molar-refractivity contribution in [2.45, 2.75) is 13.1 Å². The second-order valence-corrected chi connectivity index (χ2v) is 7.27. The highest BCUT2D eigenvalue weighted by Gasteiger charge is 2.20. The van der Waals surface area contributed by atoms with Crippen LogP contribution in [0.15, 0.2) is 59.4 Å². The molecule has 1 aliphatic heterocycles. The van der Waals surface area contributed by atoms with Gasteiger partial charge in [0.2, 0.25) is 11.7 Å². The molecule has 1 saturated heterocycles. The summed E-state index contributed by atoms with van der Waals surface area (Å²) in [6.07, 6.45) is 4.12. The number of rotatable bonds is 5. The van der Waals surface area contributed by atoms with Gasteiger partial charge in [-0.2, -0.15) is 4.98 Å². The summed E-state index contributed by atoms with van der Waals surface area (Å²) in [5.41, 5.74) is 2.82. The van der Waals surface area contributed by atoms with Crippen molar-refractivity contribution in [1.29, 1.82) is 0 Å². The molecule has 4 heterocycles. The smallest absolute Gasteiger partial charge is 0.241 e. The highest BCUT2D eigenvalue weighted by molar-refractivity contribution is 5.53. The average molecular weight is 392 g/mol. The summed E-state index contributed by atoms with van der Waals surface area (Å²) < 4.78 is 20.5. The zero-order valence-electron chi connectivity index (χ0n) is 15.9. The van der Waals surface area contributed by atoms with Crippen LogP contribution in [0, 0.1) is 5.82 Å². The van der Waals surface area contributed by atoms with Crippen LogP contribution in [-0.4, -0.2) is 55.5 Å². The lowest BCUT2D eigenvalue weighted by Crippen LogP contribution is -2.45. The highest BCUT2D eigenvalue weighted by Crippen LogP contribution is 2.17. The number of aromatic nitrogens is 4. The van der Waals surface area contributed by atoms with Crippen molar-refractivity contribution in [3.05, 3.63) is 72.3 Å². The monoisotopic (exact) mass is 392 g/mol. The molecule has 3 aromatic heterocycles. The van der Waals surface area contributed by atoms with Crippen molar-refractivity contribution >= 4 is 5.65 Å². The predicted molar refractivity (Wildman–Crippen MR) is 105 cm³/mol. The van der Waals surface area contributed by atoms with E-state index in [9.17, 15) is 4.39 Å². The van der Waals surface area contributed by atoms with Gasteiger partial charge in [-0.05, 0) is 36.4 Å². The molecule has 29 heavy (non-hydrogen) atoms. The van der Waals surface area contributed by atoms with E-state index < -0.39 is 0 Å². The van der Waals surface area contributed by atoms with E-state index in [4.69, 9.17) is 4.52 Å². The van der Waals surface area contributed by atoms with Crippen LogP contribution in [0.25, 0.3) is 17.0 Å². The van der Waals surface area contributed by atoms with Gasteiger partial charge in [-0.1, -0.05) is 11.2 Å². The molecule has 148 valence electrons. The first-order valence-electron chi connectivity index (χ1n) is 9.69. The van der Waals surface area contributed by atoms with Crippen LogP contribution in [0.4, 0.5) is 4.39 Å². The van der Waals surface area contributed by atoms with E-state index in [0.29, 0.717) is 18.3 Å². The molecule has 5 rings (SSSR count). The summed E-state index contributed by atoms with van der Waals surface area (Å²) in [6, 6.07) is 12.1. The predicted octanol–water partition coefficient (Wildman–Crippen LogP) is 2.84. The Kier molecular flexibility index (Phi) is 4.79. The minimum atomic E-state index is -0.279. The largest absolute Gasteiger partial charge is 0.338 e. The lowest BCUT2D eigenvalue weighted by molar-refractivity contribution is 0.111. The second-order valence-electron chi connectivity index (χ2n) is 7.27. The summed E-state index contributed by atoms with van der Waals surface area (Å²) in [5.74, 6) is 0.794. The number of piperazine rings is 1. The van der Waals surface area contributed by atoms with Crippen molar-refractivity contribution in [3.8, 4) is 11.4 Å². The highest BCUT2D eigenvalue weighted by atomic mass is 19.1. The van der Waals surface area contributed by atoms with E-state index in [0.717, 1.165) is 49.6 Å². The molecule has 0 N–H and O–H groups in total. The molecule has 0 aliphatic carbocycles. The lowest BCUT2D eigenvalue weighted by atomic mass is 10.2. The van der Waals surface area contributed by atoms with Crippen LogP contribution in [0.2, 0.25) is 0 Å². The van der Waals surface area contributed by atoms with Crippen LogP contribution >= 0.6 is 0 Å². The summed E-state index contributed by atoms with van der Waals surface area (Å²) in [7, 11) is 0. The molecule has 1 aromatic carbocycles. The van der Waals surface area contributed by atoms with E-state index in [1.54, 1.807) is 12.1 Å². The molecule has 1 aliphatic rings. The Balaban J connectivity index is 1.15. The maximum atomic E-state index is 13.1. The quantitative estimate of drug-likeness (QED) is 0.521. The summed E-state index contributed by atoms with van der Waals surface area (Å²) in [6.45, 7) is 5.27. The molecular weight excluding hydrogens is 371 g/mol. The minimum Gasteiger partial charge on any atom is -0.338 e. The van der Waals surface area contributed by atoms with Crippen LogP contribution in [0.5, 0.6) is 0 Å². The van der Waals surface area contributed by atoms with Crippen LogP contribution in [0.1, 0.15) is 11.6 Å². The molecule has 0 unspecified atom stereocenters.